The first kappa shape index (κ1) is 18.1. The summed E-state index contributed by atoms with van der Waals surface area (Å²) in [5.41, 5.74) is 0.496. The highest BCUT2D eigenvalue weighted by atomic mass is 16.7. The minimum absolute atomic E-state index is 0.00210. The summed E-state index contributed by atoms with van der Waals surface area (Å²) < 4.78 is 17.1. The zero-order valence-corrected chi connectivity index (χ0v) is 14.9. The van der Waals surface area contributed by atoms with Crippen molar-refractivity contribution in [1.82, 2.24) is 5.16 Å². The number of carbonyl (C=O) groups is 1. The summed E-state index contributed by atoms with van der Waals surface area (Å²) in [6, 6.07) is 1.88. The fourth-order valence-electron chi connectivity index (χ4n) is 2.50. The zero-order valence-electron chi connectivity index (χ0n) is 14.9. The third-order valence-corrected chi connectivity index (χ3v) is 4.72. The molecule has 2 heterocycles. The molecule has 0 bridgehead atoms. The van der Waals surface area contributed by atoms with Crippen LogP contribution in [0.5, 0.6) is 0 Å². The van der Waals surface area contributed by atoms with Crippen LogP contribution in [-0.4, -0.2) is 29.9 Å². The molecule has 1 unspecified atom stereocenters. The second-order valence-electron chi connectivity index (χ2n) is 7.27. The van der Waals surface area contributed by atoms with E-state index in [1.54, 1.807) is 0 Å². The van der Waals surface area contributed by atoms with Gasteiger partial charge in [-0.3, -0.25) is 4.79 Å². The van der Waals surface area contributed by atoms with Crippen molar-refractivity contribution >= 4 is 5.78 Å². The van der Waals surface area contributed by atoms with Gasteiger partial charge in [-0.15, -0.1) is 0 Å². The number of Topliss-reactive ketones (excluding diaryl/α,β-unsaturated/α-hetero) is 1. The monoisotopic (exact) mass is 323 g/mol. The van der Waals surface area contributed by atoms with E-state index in [4.69, 9.17) is 14.0 Å². The third-order valence-electron chi connectivity index (χ3n) is 4.72. The lowest BCUT2D eigenvalue weighted by molar-refractivity contribution is -0.196. The second kappa shape index (κ2) is 7.58. The smallest absolute Gasteiger partial charge is 0.157 e. The molecule has 0 spiro atoms. The van der Waals surface area contributed by atoms with Crippen LogP contribution in [0.15, 0.2) is 10.6 Å². The van der Waals surface area contributed by atoms with Crippen LogP contribution in [0, 0.1) is 5.92 Å². The fraction of sp³-hybridized carbons (Fsp3) is 0.778. The molecule has 1 aromatic rings. The Morgan fingerprint density at radius 1 is 1.39 bits per heavy atom. The number of carbonyl (C=O) groups excluding carboxylic acids is 1. The zero-order chi connectivity index (χ0) is 17.0. The number of aromatic nitrogens is 1. The third kappa shape index (κ3) is 4.64. The molecule has 0 aromatic carbocycles. The summed E-state index contributed by atoms with van der Waals surface area (Å²) in [7, 11) is 0. The van der Waals surface area contributed by atoms with Crippen molar-refractivity contribution in [2.45, 2.75) is 78.1 Å². The number of hydrogen-bond donors (Lipinski definition) is 0. The summed E-state index contributed by atoms with van der Waals surface area (Å²) in [6.45, 7) is 10.7. The molecule has 0 radical (unpaired) electrons. The van der Waals surface area contributed by atoms with Gasteiger partial charge >= 0.3 is 0 Å². The second-order valence-corrected chi connectivity index (χ2v) is 7.27. The molecule has 130 valence electrons. The maximum Gasteiger partial charge on any atom is 0.157 e. The van der Waals surface area contributed by atoms with E-state index in [-0.39, 0.29) is 29.5 Å². The van der Waals surface area contributed by atoms with E-state index >= 15 is 0 Å². The lowest BCUT2D eigenvalue weighted by Gasteiger charge is -2.34. The van der Waals surface area contributed by atoms with Crippen molar-refractivity contribution in [3.8, 4) is 0 Å². The Balaban J connectivity index is 2.00. The molecule has 0 amide bonds. The van der Waals surface area contributed by atoms with Gasteiger partial charge in [-0.05, 0) is 26.2 Å². The first-order chi connectivity index (χ1) is 10.8. The van der Waals surface area contributed by atoms with E-state index in [2.05, 4.69) is 19.0 Å². The largest absolute Gasteiger partial charge is 0.361 e. The van der Waals surface area contributed by atoms with E-state index in [9.17, 15) is 4.79 Å². The van der Waals surface area contributed by atoms with E-state index in [0.717, 1.165) is 31.6 Å². The molecule has 1 aromatic heterocycles. The van der Waals surface area contributed by atoms with Crippen LogP contribution in [-0.2, 0) is 26.1 Å². The van der Waals surface area contributed by atoms with Crippen LogP contribution in [0.3, 0.4) is 0 Å². The molecule has 1 saturated heterocycles. The molecular weight excluding hydrogens is 294 g/mol. The van der Waals surface area contributed by atoms with Crippen molar-refractivity contribution in [2.24, 2.45) is 5.92 Å². The van der Waals surface area contributed by atoms with Gasteiger partial charge in [-0.2, -0.15) is 0 Å². The first-order valence-corrected chi connectivity index (χ1v) is 8.56. The highest BCUT2D eigenvalue weighted by Crippen LogP contribution is 2.31. The van der Waals surface area contributed by atoms with E-state index in [1.165, 1.54) is 0 Å². The predicted molar refractivity (Wildman–Crippen MR) is 87.2 cm³/mol. The maximum atomic E-state index is 11.8. The van der Waals surface area contributed by atoms with Gasteiger partial charge in [0, 0.05) is 24.0 Å². The minimum Gasteiger partial charge on any atom is -0.361 e. The van der Waals surface area contributed by atoms with E-state index < -0.39 is 0 Å². The van der Waals surface area contributed by atoms with Crippen molar-refractivity contribution < 1.29 is 18.8 Å². The number of ether oxygens (including phenoxy) is 2. The molecule has 5 heteroatoms. The molecule has 2 atom stereocenters. The number of hydrogen-bond acceptors (Lipinski definition) is 5. The molecule has 0 aliphatic carbocycles. The van der Waals surface area contributed by atoms with Gasteiger partial charge in [-0.25, -0.2) is 0 Å². The van der Waals surface area contributed by atoms with Crippen molar-refractivity contribution in [3.05, 3.63) is 17.5 Å². The highest BCUT2D eigenvalue weighted by molar-refractivity contribution is 5.82. The van der Waals surface area contributed by atoms with Crippen molar-refractivity contribution in [2.75, 3.05) is 6.61 Å². The lowest BCUT2D eigenvalue weighted by atomic mass is 9.83. The molecule has 1 aliphatic heterocycles. The summed E-state index contributed by atoms with van der Waals surface area (Å²) in [4.78, 5) is 11.8. The predicted octanol–water partition coefficient (Wildman–Crippen LogP) is 3.65. The fourth-order valence-corrected chi connectivity index (χ4v) is 2.50. The van der Waals surface area contributed by atoms with Crippen molar-refractivity contribution in [1.29, 1.82) is 0 Å². The molecule has 1 fully saturated rings. The van der Waals surface area contributed by atoms with Crippen LogP contribution in [0.25, 0.3) is 0 Å². The van der Waals surface area contributed by atoms with Gasteiger partial charge in [0.1, 0.15) is 11.5 Å². The van der Waals surface area contributed by atoms with Gasteiger partial charge in [0.15, 0.2) is 6.29 Å². The Bertz CT molecular complexity index is 515. The average molecular weight is 323 g/mol. The Labute approximate surface area is 138 Å². The Morgan fingerprint density at radius 2 is 2.13 bits per heavy atom. The lowest BCUT2D eigenvalue weighted by Crippen LogP contribution is -2.38. The topological polar surface area (TPSA) is 61.6 Å². The van der Waals surface area contributed by atoms with Gasteiger partial charge in [-0.1, -0.05) is 32.9 Å². The summed E-state index contributed by atoms with van der Waals surface area (Å²) in [6.07, 6.45) is 3.28. The van der Waals surface area contributed by atoms with Gasteiger partial charge in [0.2, 0.25) is 0 Å². The maximum absolute atomic E-state index is 11.8. The Morgan fingerprint density at radius 3 is 2.74 bits per heavy atom. The quantitative estimate of drug-likeness (QED) is 0.766. The summed E-state index contributed by atoms with van der Waals surface area (Å²) in [5.74, 6) is 0.778. The van der Waals surface area contributed by atoms with Gasteiger partial charge < -0.3 is 14.0 Å². The van der Waals surface area contributed by atoms with E-state index in [0.29, 0.717) is 12.2 Å². The van der Waals surface area contributed by atoms with Gasteiger partial charge in [0.05, 0.1) is 18.2 Å². The molecule has 23 heavy (non-hydrogen) atoms. The van der Waals surface area contributed by atoms with Gasteiger partial charge in [0.25, 0.3) is 0 Å². The number of ketones is 1. The van der Waals surface area contributed by atoms with Crippen LogP contribution < -0.4 is 0 Å². The summed E-state index contributed by atoms with van der Waals surface area (Å²) >= 11 is 0. The molecular formula is C18H29NO4. The molecule has 0 saturated carbocycles. The van der Waals surface area contributed by atoms with Crippen LogP contribution in [0.1, 0.15) is 65.3 Å². The molecule has 0 N–H and O–H groups in total. The molecule has 5 nitrogen and oxygen atoms in total. The van der Waals surface area contributed by atoms with Crippen LogP contribution in [0.2, 0.25) is 0 Å². The van der Waals surface area contributed by atoms with E-state index in [1.807, 2.05) is 26.8 Å². The number of nitrogens with zero attached hydrogens (tertiary/aromatic N) is 1. The normalized spacial score (nSPS) is 20.7. The minimum atomic E-state index is -0.316. The molecule has 1 aliphatic rings. The van der Waals surface area contributed by atoms with Crippen molar-refractivity contribution in [3.63, 3.8) is 0 Å². The summed E-state index contributed by atoms with van der Waals surface area (Å²) in [5, 5.41) is 4.17. The Hall–Kier alpha value is -1.20. The van der Waals surface area contributed by atoms with Crippen LogP contribution in [0.4, 0.5) is 0 Å². The average Bonchev–Trinajstić information content (AvgIpc) is 2.97. The SMILES string of the molecule is CC(C)C(=O)Cc1cc(C(C)(C)[C@H](C)OC2CCCCO2)no1. The highest BCUT2D eigenvalue weighted by Gasteiger charge is 2.34. The number of rotatable bonds is 7. The molecule has 2 rings (SSSR count). The van der Waals surface area contributed by atoms with Crippen LogP contribution >= 0.6 is 0 Å². The Kier molecular flexibility index (Phi) is 5.98. The standard InChI is InChI=1S/C18H29NO4/c1-12(2)15(20)10-14-11-16(19-23-14)18(4,5)13(3)22-17-8-6-7-9-21-17/h11-13,17H,6-10H2,1-5H3/t13-,17?/m0/s1. The first-order valence-electron chi connectivity index (χ1n) is 8.56.